The second-order valence-corrected chi connectivity index (χ2v) is 19.1. The SMILES string of the molecule is COc1cc(NC(=O)c2ccccn2)ccc1NC(=O)c1ccc(NC(=O)COCC(=O)NCCNC(=O)COc2ccc(-c3cccc(COc4cc5c(c(C)c4C)C(=O)C(C4CCCC4)C5)c3)cc2C(=O)O)cc1Cl. The molecule has 19 heteroatoms. The van der Waals surface area contributed by atoms with E-state index < -0.39 is 55.3 Å². The van der Waals surface area contributed by atoms with Gasteiger partial charge in [-0.1, -0.05) is 54.8 Å². The fourth-order valence-corrected chi connectivity index (χ4v) is 9.75. The summed E-state index contributed by atoms with van der Waals surface area (Å²) in [5.41, 5.74) is 7.26. The van der Waals surface area contributed by atoms with Crippen LogP contribution in [0.3, 0.4) is 0 Å². The average Bonchev–Trinajstić information content (AvgIpc) is 4.11. The van der Waals surface area contributed by atoms with Crippen molar-refractivity contribution < 1.29 is 57.6 Å². The predicted molar refractivity (Wildman–Crippen MR) is 288 cm³/mol. The summed E-state index contributed by atoms with van der Waals surface area (Å²) in [6.07, 6.45) is 6.87. The van der Waals surface area contributed by atoms with Gasteiger partial charge in [0.15, 0.2) is 12.4 Å². The number of fused-ring (bicyclic) bond motifs is 1. The summed E-state index contributed by atoms with van der Waals surface area (Å²) in [4.78, 5) is 93.0. The quantitative estimate of drug-likeness (QED) is 0.0349. The van der Waals surface area contributed by atoms with E-state index in [0.29, 0.717) is 22.9 Å². The number of ketones is 1. The minimum absolute atomic E-state index is 0.00283. The first-order valence-electron chi connectivity index (χ1n) is 25.0. The number of carbonyl (C=O) groups is 7. The maximum atomic E-state index is 13.5. The van der Waals surface area contributed by atoms with Crippen LogP contribution < -0.4 is 40.8 Å². The lowest BCUT2D eigenvalue weighted by molar-refractivity contribution is -0.129. The second kappa shape index (κ2) is 25.3. The third-order valence-electron chi connectivity index (χ3n) is 13.5. The molecule has 398 valence electrons. The van der Waals surface area contributed by atoms with Gasteiger partial charge in [0.05, 0.1) is 23.4 Å². The molecule has 6 N–H and O–H groups in total. The van der Waals surface area contributed by atoms with Crippen LogP contribution in [0.1, 0.15) is 89.5 Å². The van der Waals surface area contributed by atoms with E-state index in [-0.39, 0.29) is 70.4 Å². The Balaban J connectivity index is 0.729. The van der Waals surface area contributed by atoms with Gasteiger partial charge in [0.1, 0.15) is 48.3 Å². The van der Waals surface area contributed by atoms with Gasteiger partial charge in [-0.25, -0.2) is 4.79 Å². The highest BCUT2D eigenvalue weighted by molar-refractivity contribution is 6.34. The van der Waals surface area contributed by atoms with Crippen LogP contribution in [0.15, 0.2) is 109 Å². The number of methoxy groups -OCH3 is 1. The van der Waals surface area contributed by atoms with E-state index in [1.165, 1.54) is 62.5 Å². The van der Waals surface area contributed by atoms with Gasteiger partial charge in [0, 0.05) is 48.2 Å². The van der Waals surface area contributed by atoms with E-state index in [9.17, 15) is 38.7 Å². The lowest BCUT2D eigenvalue weighted by Crippen LogP contribution is -2.38. The highest BCUT2D eigenvalue weighted by Gasteiger charge is 2.39. The van der Waals surface area contributed by atoms with E-state index in [4.69, 9.17) is 30.5 Å². The number of ether oxygens (including phenoxy) is 4. The summed E-state index contributed by atoms with van der Waals surface area (Å²) < 4.78 is 22.6. The third kappa shape index (κ3) is 13.8. The second-order valence-electron chi connectivity index (χ2n) is 18.6. The third-order valence-corrected chi connectivity index (χ3v) is 13.8. The van der Waals surface area contributed by atoms with Crippen LogP contribution in [0, 0.1) is 25.7 Å². The molecule has 1 aromatic heterocycles. The Hall–Kier alpha value is -8.61. The number of Topliss-reactive ketones (excluding diaryl/α,β-unsaturated/α-hetero) is 1. The Kier molecular flexibility index (Phi) is 17.9. The predicted octanol–water partition coefficient (Wildman–Crippen LogP) is 8.62. The number of rotatable bonds is 22. The lowest BCUT2D eigenvalue weighted by atomic mass is 9.87. The summed E-state index contributed by atoms with van der Waals surface area (Å²) in [6, 6.07) is 28.2. The summed E-state index contributed by atoms with van der Waals surface area (Å²) in [6.45, 7) is 2.86. The minimum atomic E-state index is -1.24. The summed E-state index contributed by atoms with van der Waals surface area (Å²) in [5.74, 6) is -2.14. The van der Waals surface area contributed by atoms with Crippen molar-refractivity contribution in [1.29, 1.82) is 0 Å². The van der Waals surface area contributed by atoms with Crippen molar-refractivity contribution in [2.45, 2.75) is 52.6 Å². The zero-order chi connectivity index (χ0) is 54.6. The number of carboxylic acids is 1. The molecule has 0 saturated heterocycles. The number of anilines is 3. The minimum Gasteiger partial charge on any atom is -0.494 e. The molecule has 5 amide bonds. The van der Waals surface area contributed by atoms with Crippen molar-refractivity contribution in [2.24, 2.45) is 11.8 Å². The largest absolute Gasteiger partial charge is 0.494 e. The monoisotopic (exact) mass is 1060 g/mol. The van der Waals surface area contributed by atoms with Crippen LogP contribution >= 0.6 is 11.6 Å². The van der Waals surface area contributed by atoms with Gasteiger partial charge in [0.25, 0.3) is 17.7 Å². The van der Waals surface area contributed by atoms with E-state index in [2.05, 4.69) is 31.6 Å². The number of aromatic nitrogens is 1. The first-order chi connectivity index (χ1) is 37.1. The number of carboxylic acid groups (broad SMARTS) is 1. The Morgan fingerprint density at radius 3 is 2.13 bits per heavy atom. The number of halogens is 1. The smallest absolute Gasteiger partial charge is 0.339 e. The first-order valence-corrected chi connectivity index (χ1v) is 25.3. The maximum Gasteiger partial charge on any atom is 0.339 e. The molecule has 0 bridgehead atoms. The zero-order valence-corrected chi connectivity index (χ0v) is 43.3. The van der Waals surface area contributed by atoms with Gasteiger partial charge in [-0.3, -0.25) is 33.8 Å². The van der Waals surface area contributed by atoms with Gasteiger partial charge in [0.2, 0.25) is 11.8 Å². The van der Waals surface area contributed by atoms with Crippen molar-refractivity contribution >= 4 is 70.0 Å². The van der Waals surface area contributed by atoms with E-state index in [0.717, 1.165) is 58.4 Å². The van der Waals surface area contributed by atoms with Crippen molar-refractivity contribution in [3.63, 3.8) is 0 Å². The summed E-state index contributed by atoms with van der Waals surface area (Å²) >= 11 is 6.41. The molecule has 0 aliphatic heterocycles. The van der Waals surface area contributed by atoms with Crippen LogP contribution in [0.25, 0.3) is 11.1 Å². The highest BCUT2D eigenvalue weighted by atomic mass is 35.5. The molecule has 1 fully saturated rings. The number of pyridine rings is 1. The molecule has 0 spiro atoms. The Morgan fingerprint density at radius 2 is 1.40 bits per heavy atom. The number of hydrogen-bond acceptors (Lipinski definition) is 12. The highest BCUT2D eigenvalue weighted by Crippen LogP contribution is 2.43. The lowest BCUT2D eigenvalue weighted by Gasteiger charge is -2.16. The number of nitrogens with zero attached hydrogens (tertiary/aromatic N) is 1. The molecule has 1 unspecified atom stereocenters. The maximum absolute atomic E-state index is 13.5. The van der Waals surface area contributed by atoms with Crippen LogP contribution in [0.4, 0.5) is 17.1 Å². The van der Waals surface area contributed by atoms with E-state index in [1.807, 2.05) is 44.2 Å². The van der Waals surface area contributed by atoms with Crippen molar-refractivity contribution in [1.82, 2.24) is 15.6 Å². The summed E-state index contributed by atoms with van der Waals surface area (Å²) in [5, 5.41) is 23.3. The Labute approximate surface area is 449 Å². The molecular formula is C58H57ClN6O12. The molecule has 6 aromatic rings. The van der Waals surface area contributed by atoms with Crippen LogP contribution in [0.2, 0.25) is 5.02 Å². The number of nitrogens with one attached hydrogen (secondary N) is 5. The molecule has 1 heterocycles. The zero-order valence-electron chi connectivity index (χ0n) is 42.6. The topological polar surface area (TPSA) is 250 Å². The molecular weight excluding hydrogens is 1010 g/mol. The Bertz CT molecular complexity index is 3230. The Morgan fingerprint density at radius 1 is 0.675 bits per heavy atom. The summed E-state index contributed by atoms with van der Waals surface area (Å²) in [7, 11) is 1.41. The molecule has 0 radical (unpaired) electrons. The average molecular weight is 1070 g/mol. The normalized spacial score (nSPS) is 13.8. The van der Waals surface area contributed by atoms with Gasteiger partial charge >= 0.3 is 5.97 Å². The number of aromatic carboxylic acids is 1. The molecule has 5 aromatic carbocycles. The molecule has 2 aliphatic carbocycles. The molecule has 2 aliphatic rings. The molecule has 1 atom stereocenters. The van der Waals surface area contributed by atoms with Crippen molar-refractivity contribution in [3.05, 3.63) is 159 Å². The molecule has 18 nitrogen and oxygen atoms in total. The van der Waals surface area contributed by atoms with E-state index in [1.54, 1.807) is 36.4 Å². The first kappa shape index (κ1) is 54.6. The van der Waals surface area contributed by atoms with Gasteiger partial charge in [-0.15, -0.1) is 0 Å². The van der Waals surface area contributed by atoms with Crippen LogP contribution in [-0.2, 0) is 32.1 Å². The number of hydrogen-bond donors (Lipinski definition) is 6. The number of carbonyl (C=O) groups excluding carboxylic acids is 6. The number of benzene rings is 5. The molecule has 1 saturated carbocycles. The standard InChI is InChI=1S/C58H57ClN6O12/c1-33-34(2)54-39(25-43(55(54)69)36-10-4-5-11-36)26-49(33)76-29-35-9-8-12-37(23-35)38-14-19-48(44(24-38)58(72)73)77-32-52(67)62-22-21-61-51(66)30-75-31-53(68)63-40-15-17-42(45(59)27-40)56(70)65-46-18-16-41(28-50(46)74-3)64-57(71)47-13-6-7-20-60-47/h6-9,12-20,23-24,26-28,36,43H,4-5,10-11,21-22,25,29-32H2,1-3H3,(H,61,66)(H,62,67)(H,63,68)(H,64,71)(H,65,70)(H,72,73). The van der Waals surface area contributed by atoms with Crippen LogP contribution in [-0.4, -0.2) is 91.4 Å². The van der Waals surface area contributed by atoms with Crippen molar-refractivity contribution in [2.75, 3.05) is 56.0 Å². The van der Waals surface area contributed by atoms with Crippen molar-refractivity contribution in [3.8, 4) is 28.4 Å². The fourth-order valence-electron chi connectivity index (χ4n) is 9.48. The fraction of sp³-hybridized carbons (Fsp3) is 0.276. The molecule has 77 heavy (non-hydrogen) atoms. The number of amides is 5. The van der Waals surface area contributed by atoms with Gasteiger partial charge < -0.3 is 50.6 Å². The molecule has 8 rings (SSSR count). The van der Waals surface area contributed by atoms with Gasteiger partial charge in [-0.2, -0.15) is 0 Å². The van der Waals surface area contributed by atoms with Gasteiger partial charge in [-0.05, 0) is 139 Å². The van der Waals surface area contributed by atoms with Crippen LogP contribution in [0.5, 0.6) is 17.2 Å². The van der Waals surface area contributed by atoms with E-state index >= 15 is 0 Å².